The Labute approximate surface area is 146 Å². The van der Waals surface area contributed by atoms with E-state index in [-0.39, 0.29) is 0 Å². The summed E-state index contributed by atoms with van der Waals surface area (Å²) in [5.41, 5.74) is 5.82. The summed E-state index contributed by atoms with van der Waals surface area (Å²) in [5, 5.41) is 0. The first-order valence-electron chi connectivity index (χ1n) is 9.20. The first kappa shape index (κ1) is 15.9. The van der Waals surface area contributed by atoms with Gasteiger partial charge in [-0.05, 0) is 44.0 Å². The molecule has 0 aromatic heterocycles. The lowest BCUT2D eigenvalue weighted by molar-refractivity contribution is 0.0883. The Morgan fingerprint density at radius 3 is 2.50 bits per heavy atom. The minimum Gasteiger partial charge on any atom is -0.297 e. The molecule has 1 saturated heterocycles. The standard InChI is InChI=1S/C22H28N2/c1-16-9-10-19(17(2)13-16)22-15-24(12-11-23(22)3)21-14-20(21)18-7-5-4-6-8-18/h4-10,13,20-22H,11-12,14-15H2,1-3H3/t20-,21+,22-/m0/s1. The summed E-state index contributed by atoms with van der Waals surface area (Å²) in [6.45, 7) is 7.97. The van der Waals surface area contributed by atoms with Gasteiger partial charge in [0.15, 0.2) is 0 Å². The molecule has 4 rings (SSSR count). The molecule has 1 aliphatic carbocycles. The zero-order chi connectivity index (χ0) is 16.7. The molecule has 1 saturated carbocycles. The van der Waals surface area contributed by atoms with E-state index in [4.69, 9.17) is 0 Å². The van der Waals surface area contributed by atoms with E-state index in [9.17, 15) is 0 Å². The van der Waals surface area contributed by atoms with Gasteiger partial charge in [-0.25, -0.2) is 0 Å². The first-order valence-corrected chi connectivity index (χ1v) is 9.20. The molecule has 126 valence electrons. The maximum atomic E-state index is 2.74. The predicted octanol–water partition coefficient (Wildman–Crippen LogP) is 4.15. The lowest BCUT2D eigenvalue weighted by Gasteiger charge is -2.40. The molecular weight excluding hydrogens is 292 g/mol. The van der Waals surface area contributed by atoms with Crippen molar-refractivity contribution in [3.63, 3.8) is 0 Å². The van der Waals surface area contributed by atoms with Crippen LogP contribution in [0.2, 0.25) is 0 Å². The van der Waals surface area contributed by atoms with Crippen molar-refractivity contribution in [2.45, 2.75) is 38.3 Å². The van der Waals surface area contributed by atoms with Gasteiger partial charge >= 0.3 is 0 Å². The molecule has 0 unspecified atom stereocenters. The predicted molar refractivity (Wildman–Crippen MR) is 100 cm³/mol. The molecular formula is C22H28N2. The van der Waals surface area contributed by atoms with E-state index in [0.29, 0.717) is 6.04 Å². The van der Waals surface area contributed by atoms with Crippen molar-refractivity contribution >= 4 is 0 Å². The van der Waals surface area contributed by atoms with Gasteiger partial charge in [0, 0.05) is 37.6 Å². The molecule has 1 heterocycles. The third kappa shape index (κ3) is 3.01. The number of piperazine rings is 1. The second-order valence-corrected chi connectivity index (χ2v) is 7.67. The van der Waals surface area contributed by atoms with Crippen LogP contribution in [0, 0.1) is 13.8 Å². The smallest absolute Gasteiger partial charge is 0.0475 e. The molecule has 2 nitrogen and oxygen atoms in total. The van der Waals surface area contributed by atoms with Gasteiger partial charge in [0.05, 0.1) is 0 Å². The number of hydrogen-bond donors (Lipinski definition) is 0. The van der Waals surface area contributed by atoms with E-state index < -0.39 is 0 Å². The van der Waals surface area contributed by atoms with Gasteiger partial charge in [0.25, 0.3) is 0 Å². The van der Waals surface area contributed by atoms with Crippen molar-refractivity contribution in [3.05, 3.63) is 70.8 Å². The molecule has 1 aliphatic heterocycles. The minimum absolute atomic E-state index is 0.524. The van der Waals surface area contributed by atoms with Crippen LogP contribution in [0.3, 0.4) is 0 Å². The minimum atomic E-state index is 0.524. The lowest BCUT2D eigenvalue weighted by Crippen LogP contribution is -2.47. The van der Waals surface area contributed by atoms with E-state index in [2.05, 4.69) is 79.2 Å². The Balaban J connectivity index is 1.50. The normalized spacial score (nSPS) is 28.0. The van der Waals surface area contributed by atoms with Crippen LogP contribution in [0.5, 0.6) is 0 Å². The molecule has 3 atom stereocenters. The Bertz CT molecular complexity index is 709. The zero-order valence-electron chi connectivity index (χ0n) is 15.1. The molecule has 0 bridgehead atoms. The average molecular weight is 320 g/mol. The summed E-state index contributed by atoms with van der Waals surface area (Å²) in [4.78, 5) is 5.27. The number of aryl methyl sites for hydroxylation is 2. The molecule has 2 fully saturated rings. The molecule has 0 N–H and O–H groups in total. The largest absolute Gasteiger partial charge is 0.297 e. The van der Waals surface area contributed by atoms with Crippen molar-refractivity contribution in [2.24, 2.45) is 0 Å². The number of rotatable bonds is 3. The Morgan fingerprint density at radius 2 is 1.75 bits per heavy atom. The van der Waals surface area contributed by atoms with Gasteiger partial charge < -0.3 is 0 Å². The molecule has 24 heavy (non-hydrogen) atoms. The van der Waals surface area contributed by atoms with Crippen LogP contribution in [-0.2, 0) is 0 Å². The summed E-state index contributed by atoms with van der Waals surface area (Å²) in [6.07, 6.45) is 1.33. The Morgan fingerprint density at radius 1 is 0.958 bits per heavy atom. The fraction of sp³-hybridized carbons (Fsp3) is 0.455. The van der Waals surface area contributed by atoms with Gasteiger partial charge in [0.1, 0.15) is 0 Å². The van der Waals surface area contributed by atoms with E-state index in [1.54, 1.807) is 0 Å². The zero-order valence-corrected chi connectivity index (χ0v) is 15.1. The fourth-order valence-electron chi connectivity index (χ4n) is 4.37. The number of benzene rings is 2. The molecule has 2 aliphatic rings. The summed E-state index contributed by atoms with van der Waals surface area (Å²) in [6, 6.07) is 19.3. The van der Waals surface area contributed by atoms with Crippen molar-refractivity contribution in [1.29, 1.82) is 0 Å². The molecule has 0 amide bonds. The first-order chi connectivity index (χ1) is 11.6. The SMILES string of the molecule is Cc1ccc([C@@H]2CN([C@@H]3C[C@H]3c3ccccc3)CCN2C)c(C)c1. The van der Waals surface area contributed by atoms with E-state index in [1.807, 2.05) is 0 Å². The van der Waals surface area contributed by atoms with Crippen LogP contribution >= 0.6 is 0 Å². The number of hydrogen-bond acceptors (Lipinski definition) is 2. The second kappa shape index (κ2) is 6.34. The monoisotopic (exact) mass is 320 g/mol. The van der Waals surface area contributed by atoms with Crippen LogP contribution < -0.4 is 0 Å². The van der Waals surface area contributed by atoms with Gasteiger partial charge in [-0.1, -0.05) is 54.1 Å². The Kier molecular flexibility index (Phi) is 4.19. The second-order valence-electron chi connectivity index (χ2n) is 7.67. The number of nitrogens with zero attached hydrogens (tertiary/aromatic N) is 2. The van der Waals surface area contributed by atoms with Gasteiger partial charge in [-0.15, -0.1) is 0 Å². The fourth-order valence-corrected chi connectivity index (χ4v) is 4.37. The van der Waals surface area contributed by atoms with Crippen molar-refractivity contribution in [2.75, 3.05) is 26.7 Å². The summed E-state index contributed by atoms with van der Waals surface area (Å²) in [5.74, 6) is 0.745. The van der Waals surface area contributed by atoms with Crippen molar-refractivity contribution < 1.29 is 0 Å². The summed E-state index contributed by atoms with van der Waals surface area (Å²) in [7, 11) is 2.28. The Hall–Kier alpha value is -1.64. The van der Waals surface area contributed by atoms with Gasteiger partial charge in [-0.2, -0.15) is 0 Å². The summed E-state index contributed by atoms with van der Waals surface area (Å²) >= 11 is 0. The van der Waals surface area contributed by atoms with Crippen LogP contribution in [0.25, 0.3) is 0 Å². The number of likely N-dealkylation sites (N-methyl/N-ethyl adjacent to an activating group) is 1. The maximum absolute atomic E-state index is 2.74. The summed E-state index contributed by atoms with van der Waals surface area (Å²) < 4.78 is 0. The third-order valence-electron chi connectivity index (χ3n) is 5.92. The molecule has 0 radical (unpaired) electrons. The quantitative estimate of drug-likeness (QED) is 0.838. The molecule has 0 spiro atoms. The maximum Gasteiger partial charge on any atom is 0.0475 e. The van der Waals surface area contributed by atoms with Gasteiger partial charge in [0.2, 0.25) is 0 Å². The lowest BCUT2D eigenvalue weighted by atomic mass is 9.96. The van der Waals surface area contributed by atoms with Crippen LogP contribution in [0.4, 0.5) is 0 Å². The molecule has 2 heteroatoms. The van der Waals surface area contributed by atoms with Gasteiger partial charge in [-0.3, -0.25) is 9.80 Å². The third-order valence-corrected chi connectivity index (χ3v) is 5.92. The van der Waals surface area contributed by atoms with Crippen LogP contribution in [0.1, 0.15) is 40.6 Å². The highest BCUT2D eigenvalue weighted by molar-refractivity contribution is 5.34. The average Bonchev–Trinajstić information content (AvgIpc) is 3.37. The van der Waals surface area contributed by atoms with E-state index >= 15 is 0 Å². The highest BCUT2D eigenvalue weighted by atomic mass is 15.3. The highest BCUT2D eigenvalue weighted by Crippen LogP contribution is 2.46. The van der Waals surface area contributed by atoms with E-state index in [0.717, 1.165) is 25.0 Å². The molecule has 2 aromatic rings. The topological polar surface area (TPSA) is 6.48 Å². The van der Waals surface area contributed by atoms with Crippen LogP contribution in [-0.4, -0.2) is 42.5 Å². The molecule has 2 aromatic carbocycles. The van der Waals surface area contributed by atoms with Crippen LogP contribution in [0.15, 0.2) is 48.5 Å². The van der Waals surface area contributed by atoms with E-state index in [1.165, 1.54) is 35.2 Å². The highest BCUT2D eigenvalue weighted by Gasteiger charge is 2.44. The van der Waals surface area contributed by atoms with Crippen molar-refractivity contribution in [1.82, 2.24) is 9.80 Å². The van der Waals surface area contributed by atoms with Crippen molar-refractivity contribution in [3.8, 4) is 0 Å².